The third-order valence-corrected chi connectivity index (χ3v) is 3.36. The lowest BCUT2D eigenvalue weighted by molar-refractivity contribution is -0.119. The number of amides is 1. The highest BCUT2D eigenvalue weighted by Gasteiger charge is 2.21. The number of carbonyl (C=O) groups is 1. The lowest BCUT2D eigenvalue weighted by Crippen LogP contribution is -2.31. The monoisotopic (exact) mass is 257 g/mol. The number of nitrogens with one attached hydrogen (secondary N) is 1. The molecule has 1 aromatic rings. The zero-order valence-corrected chi connectivity index (χ0v) is 10.3. The van der Waals surface area contributed by atoms with Crippen LogP contribution in [0.5, 0.6) is 0 Å². The lowest BCUT2D eigenvalue weighted by atomic mass is 9.88. The van der Waals surface area contributed by atoms with Gasteiger partial charge in [0, 0.05) is 5.02 Å². The number of hydrogen-bond donors (Lipinski definition) is 1. The maximum absolute atomic E-state index is 11.3. The highest BCUT2D eigenvalue weighted by molar-refractivity contribution is 6.30. The molecule has 0 bridgehead atoms. The third kappa shape index (κ3) is 2.50. The second kappa shape index (κ2) is 5.07. The van der Waals surface area contributed by atoms with E-state index in [1.165, 1.54) is 5.56 Å². The van der Waals surface area contributed by atoms with E-state index in [1.807, 2.05) is 18.2 Å². The molecule has 0 fully saturated rings. The fourth-order valence-corrected chi connectivity index (χ4v) is 2.41. The van der Waals surface area contributed by atoms with Crippen LogP contribution in [-0.4, -0.2) is 11.8 Å². The van der Waals surface area contributed by atoms with Gasteiger partial charge in [-0.3, -0.25) is 4.79 Å². The SMILES string of the molecule is O=C(CCl)N[C@H]1CCCc2ccc(Cl)cc21. The molecule has 0 unspecified atom stereocenters. The van der Waals surface area contributed by atoms with Crippen molar-refractivity contribution in [3.8, 4) is 0 Å². The maximum Gasteiger partial charge on any atom is 0.235 e. The molecule has 1 aliphatic rings. The molecule has 2 rings (SSSR count). The highest BCUT2D eigenvalue weighted by Crippen LogP contribution is 2.31. The van der Waals surface area contributed by atoms with Crippen LogP contribution in [0.1, 0.15) is 30.0 Å². The van der Waals surface area contributed by atoms with Crippen molar-refractivity contribution in [3.63, 3.8) is 0 Å². The summed E-state index contributed by atoms with van der Waals surface area (Å²) in [6.07, 6.45) is 3.09. The quantitative estimate of drug-likeness (QED) is 0.811. The number of alkyl halides is 1. The van der Waals surface area contributed by atoms with Crippen molar-refractivity contribution in [1.29, 1.82) is 0 Å². The molecule has 0 saturated heterocycles. The number of carbonyl (C=O) groups excluding carboxylic acids is 1. The largest absolute Gasteiger partial charge is 0.348 e. The summed E-state index contributed by atoms with van der Waals surface area (Å²) in [5.74, 6) is -0.119. The average Bonchev–Trinajstić information content (AvgIpc) is 2.29. The minimum Gasteiger partial charge on any atom is -0.348 e. The number of hydrogen-bond acceptors (Lipinski definition) is 1. The molecular weight excluding hydrogens is 245 g/mol. The second-order valence-electron chi connectivity index (χ2n) is 3.99. The zero-order valence-electron chi connectivity index (χ0n) is 8.80. The molecule has 0 saturated carbocycles. The Morgan fingerprint density at radius 3 is 3.06 bits per heavy atom. The van der Waals surface area contributed by atoms with Gasteiger partial charge in [-0.1, -0.05) is 17.7 Å². The fraction of sp³-hybridized carbons (Fsp3) is 0.417. The van der Waals surface area contributed by atoms with Crippen molar-refractivity contribution in [1.82, 2.24) is 5.32 Å². The van der Waals surface area contributed by atoms with Crippen LogP contribution in [-0.2, 0) is 11.2 Å². The summed E-state index contributed by atoms with van der Waals surface area (Å²) < 4.78 is 0. The summed E-state index contributed by atoms with van der Waals surface area (Å²) in [6, 6.07) is 5.94. The van der Waals surface area contributed by atoms with Gasteiger partial charge in [0.2, 0.25) is 5.91 Å². The van der Waals surface area contributed by atoms with Crippen molar-refractivity contribution in [2.45, 2.75) is 25.3 Å². The van der Waals surface area contributed by atoms with Crippen molar-refractivity contribution in [3.05, 3.63) is 34.3 Å². The van der Waals surface area contributed by atoms with Crippen LogP contribution in [0.2, 0.25) is 5.02 Å². The van der Waals surface area contributed by atoms with Gasteiger partial charge in [0.15, 0.2) is 0 Å². The first-order valence-electron chi connectivity index (χ1n) is 5.34. The Bertz CT molecular complexity index is 406. The molecule has 86 valence electrons. The van der Waals surface area contributed by atoms with E-state index >= 15 is 0 Å². The van der Waals surface area contributed by atoms with Crippen LogP contribution in [0.4, 0.5) is 0 Å². The van der Waals surface area contributed by atoms with Crippen LogP contribution in [0, 0.1) is 0 Å². The van der Waals surface area contributed by atoms with E-state index in [1.54, 1.807) is 0 Å². The van der Waals surface area contributed by atoms with Gasteiger partial charge in [-0.15, -0.1) is 11.6 Å². The molecule has 1 amide bonds. The molecule has 16 heavy (non-hydrogen) atoms. The summed E-state index contributed by atoms with van der Waals surface area (Å²) in [6.45, 7) is 0. The summed E-state index contributed by atoms with van der Waals surface area (Å²) >= 11 is 11.5. The number of fused-ring (bicyclic) bond motifs is 1. The Kier molecular flexibility index (Phi) is 3.72. The van der Waals surface area contributed by atoms with Crippen molar-refractivity contribution < 1.29 is 4.79 Å². The first-order chi connectivity index (χ1) is 7.70. The molecule has 1 atom stereocenters. The number of aryl methyl sites for hydroxylation is 1. The van der Waals surface area contributed by atoms with E-state index in [4.69, 9.17) is 23.2 Å². The number of rotatable bonds is 2. The van der Waals surface area contributed by atoms with Crippen molar-refractivity contribution in [2.24, 2.45) is 0 Å². The van der Waals surface area contributed by atoms with E-state index in [0.29, 0.717) is 5.02 Å². The van der Waals surface area contributed by atoms with Crippen LogP contribution in [0.3, 0.4) is 0 Å². The van der Waals surface area contributed by atoms with Gasteiger partial charge >= 0.3 is 0 Å². The van der Waals surface area contributed by atoms with Gasteiger partial charge in [0.05, 0.1) is 6.04 Å². The molecular formula is C12H13Cl2NO. The first-order valence-corrected chi connectivity index (χ1v) is 6.25. The number of benzene rings is 1. The molecule has 0 heterocycles. The van der Waals surface area contributed by atoms with E-state index in [-0.39, 0.29) is 17.8 Å². The van der Waals surface area contributed by atoms with E-state index in [0.717, 1.165) is 24.8 Å². The number of halogens is 2. The normalized spacial score (nSPS) is 19.0. The molecule has 1 N–H and O–H groups in total. The fourth-order valence-electron chi connectivity index (χ4n) is 2.15. The minimum atomic E-state index is -0.125. The summed E-state index contributed by atoms with van der Waals surface area (Å²) in [5, 5.41) is 3.64. The van der Waals surface area contributed by atoms with Gasteiger partial charge in [0.25, 0.3) is 0 Å². The van der Waals surface area contributed by atoms with Crippen LogP contribution in [0.15, 0.2) is 18.2 Å². The van der Waals surface area contributed by atoms with Crippen LogP contribution >= 0.6 is 23.2 Å². The Morgan fingerprint density at radius 1 is 1.50 bits per heavy atom. The Balaban J connectivity index is 2.24. The average molecular weight is 258 g/mol. The van der Waals surface area contributed by atoms with Gasteiger partial charge in [0.1, 0.15) is 5.88 Å². The van der Waals surface area contributed by atoms with E-state index in [9.17, 15) is 4.79 Å². The predicted octanol–water partition coefficient (Wildman–Crippen LogP) is 3.07. The Labute approximate surface area is 105 Å². The summed E-state index contributed by atoms with van der Waals surface area (Å²) in [5.41, 5.74) is 2.41. The van der Waals surface area contributed by atoms with E-state index in [2.05, 4.69) is 5.32 Å². The van der Waals surface area contributed by atoms with Crippen molar-refractivity contribution >= 4 is 29.1 Å². The smallest absolute Gasteiger partial charge is 0.235 e. The minimum absolute atomic E-state index is 0.00635. The molecule has 2 nitrogen and oxygen atoms in total. The molecule has 1 aromatic carbocycles. The molecule has 0 radical (unpaired) electrons. The lowest BCUT2D eigenvalue weighted by Gasteiger charge is -2.26. The van der Waals surface area contributed by atoms with Crippen LogP contribution < -0.4 is 5.32 Å². The standard InChI is InChI=1S/C12H13Cl2NO/c13-7-12(16)15-11-3-1-2-8-4-5-9(14)6-10(8)11/h4-6,11H,1-3,7H2,(H,15,16)/t11-/m0/s1. The first kappa shape index (κ1) is 11.7. The molecule has 1 aliphatic carbocycles. The zero-order chi connectivity index (χ0) is 11.5. The van der Waals surface area contributed by atoms with Crippen LogP contribution in [0.25, 0.3) is 0 Å². The Morgan fingerprint density at radius 2 is 2.31 bits per heavy atom. The molecule has 0 spiro atoms. The molecule has 0 aliphatic heterocycles. The summed E-state index contributed by atoms with van der Waals surface area (Å²) in [4.78, 5) is 11.3. The van der Waals surface area contributed by atoms with Crippen molar-refractivity contribution in [2.75, 3.05) is 5.88 Å². The molecule has 0 aromatic heterocycles. The Hall–Kier alpha value is -0.730. The van der Waals surface area contributed by atoms with Gasteiger partial charge in [-0.05, 0) is 42.5 Å². The van der Waals surface area contributed by atoms with E-state index < -0.39 is 0 Å². The highest BCUT2D eigenvalue weighted by atomic mass is 35.5. The summed E-state index contributed by atoms with van der Waals surface area (Å²) in [7, 11) is 0. The second-order valence-corrected chi connectivity index (χ2v) is 4.69. The topological polar surface area (TPSA) is 29.1 Å². The third-order valence-electron chi connectivity index (χ3n) is 2.88. The molecule has 4 heteroatoms. The predicted molar refractivity (Wildman–Crippen MR) is 66.0 cm³/mol. The van der Waals surface area contributed by atoms with Gasteiger partial charge in [-0.25, -0.2) is 0 Å². The van der Waals surface area contributed by atoms with Gasteiger partial charge in [-0.2, -0.15) is 0 Å². The van der Waals surface area contributed by atoms with Gasteiger partial charge < -0.3 is 5.32 Å². The maximum atomic E-state index is 11.3.